The highest BCUT2D eigenvalue weighted by molar-refractivity contribution is 9.11. The van der Waals surface area contributed by atoms with Crippen LogP contribution in [0.25, 0.3) is 5.69 Å². The van der Waals surface area contributed by atoms with Gasteiger partial charge < -0.3 is 11.1 Å². The number of rotatable bonds is 6. The second kappa shape index (κ2) is 9.81. The Kier molecular flexibility index (Phi) is 7.36. The summed E-state index contributed by atoms with van der Waals surface area (Å²) in [5.74, 6) is -0.357. The van der Waals surface area contributed by atoms with E-state index in [4.69, 9.17) is 17.3 Å². The van der Waals surface area contributed by atoms with Crippen molar-refractivity contribution in [2.45, 2.75) is 5.16 Å². The van der Waals surface area contributed by atoms with Gasteiger partial charge in [0.15, 0.2) is 5.16 Å². The summed E-state index contributed by atoms with van der Waals surface area (Å²) in [6.45, 7) is 0. The number of benzene rings is 2. The van der Waals surface area contributed by atoms with E-state index in [2.05, 4.69) is 42.2 Å². The second-order valence-electron chi connectivity index (χ2n) is 5.99. The molecule has 1 heterocycles. The SMILES string of the molecule is Nc1cc(=O)nc(SCC(=O)Nc2c(Br)cc([N+](=O)[O-])cc2Br)n1-c1ccc(Cl)cc1. The van der Waals surface area contributed by atoms with Gasteiger partial charge in [-0.05, 0) is 56.1 Å². The third-order valence-electron chi connectivity index (χ3n) is 3.85. The predicted octanol–water partition coefficient (Wildman–Crippen LogP) is 4.63. The largest absolute Gasteiger partial charge is 0.385 e. The van der Waals surface area contributed by atoms with E-state index in [1.807, 2.05) is 0 Å². The quantitative estimate of drug-likeness (QED) is 0.185. The van der Waals surface area contributed by atoms with Gasteiger partial charge in [0.2, 0.25) is 5.91 Å². The van der Waals surface area contributed by atoms with E-state index in [1.165, 1.54) is 22.8 Å². The molecule has 3 N–H and O–H groups in total. The monoisotopic (exact) mass is 587 g/mol. The fraction of sp³-hybridized carbons (Fsp3) is 0.0556. The van der Waals surface area contributed by atoms with Crippen LogP contribution in [0, 0.1) is 10.1 Å². The Morgan fingerprint density at radius 2 is 1.84 bits per heavy atom. The zero-order valence-electron chi connectivity index (χ0n) is 15.3. The number of nitrogen functional groups attached to an aromatic ring is 1. The van der Waals surface area contributed by atoms with E-state index in [0.29, 0.717) is 25.3 Å². The predicted molar refractivity (Wildman–Crippen MR) is 127 cm³/mol. The highest BCUT2D eigenvalue weighted by Gasteiger charge is 2.17. The molecule has 0 aliphatic rings. The molecule has 0 unspecified atom stereocenters. The molecule has 3 aromatic rings. The Labute approximate surface area is 201 Å². The Hall–Kier alpha value is -2.41. The highest BCUT2D eigenvalue weighted by Crippen LogP contribution is 2.35. The number of nitrogens with one attached hydrogen (secondary N) is 1. The van der Waals surface area contributed by atoms with E-state index in [1.54, 1.807) is 24.3 Å². The number of aromatic nitrogens is 2. The molecule has 0 saturated carbocycles. The molecule has 31 heavy (non-hydrogen) atoms. The van der Waals surface area contributed by atoms with Crippen LogP contribution < -0.4 is 16.6 Å². The Morgan fingerprint density at radius 3 is 2.42 bits per heavy atom. The Balaban J connectivity index is 1.82. The number of hydrogen-bond acceptors (Lipinski definition) is 7. The first-order valence-electron chi connectivity index (χ1n) is 8.37. The normalized spacial score (nSPS) is 10.7. The van der Waals surface area contributed by atoms with Crippen LogP contribution in [0.3, 0.4) is 0 Å². The average Bonchev–Trinajstić information content (AvgIpc) is 2.69. The molecule has 1 aromatic heterocycles. The molecular weight excluding hydrogens is 578 g/mol. The summed E-state index contributed by atoms with van der Waals surface area (Å²) < 4.78 is 2.21. The molecular formula is C18H12Br2ClN5O4S. The van der Waals surface area contributed by atoms with Crippen LogP contribution in [0.4, 0.5) is 17.2 Å². The van der Waals surface area contributed by atoms with Gasteiger partial charge in [0.05, 0.1) is 16.4 Å². The van der Waals surface area contributed by atoms with Crippen LogP contribution in [-0.2, 0) is 4.79 Å². The van der Waals surface area contributed by atoms with Crippen LogP contribution in [0.2, 0.25) is 5.02 Å². The van der Waals surface area contributed by atoms with Gasteiger partial charge in [-0.1, -0.05) is 23.4 Å². The Morgan fingerprint density at radius 1 is 1.23 bits per heavy atom. The summed E-state index contributed by atoms with van der Waals surface area (Å²) in [6, 6.07) is 10.5. The van der Waals surface area contributed by atoms with E-state index < -0.39 is 16.4 Å². The smallest absolute Gasteiger partial charge is 0.275 e. The minimum absolute atomic E-state index is 0.0979. The summed E-state index contributed by atoms with van der Waals surface area (Å²) >= 11 is 13.4. The van der Waals surface area contributed by atoms with E-state index in [0.717, 1.165) is 11.8 Å². The van der Waals surface area contributed by atoms with Crippen molar-refractivity contribution in [2.75, 3.05) is 16.8 Å². The average molecular weight is 590 g/mol. The molecule has 0 aliphatic heterocycles. The van der Waals surface area contributed by atoms with Crippen molar-refractivity contribution < 1.29 is 9.72 Å². The first-order valence-corrected chi connectivity index (χ1v) is 11.3. The van der Waals surface area contributed by atoms with Crippen molar-refractivity contribution in [3.63, 3.8) is 0 Å². The number of nitrogens with zero attached hydrogens (tertiary/aromatic N) is 3. The zero-order chi connectivity index (χ0) is 22.7. The topological polar surface area (TPSA) is 133 Å². The lowest BCUT2D eigenvalue weighted by atomic mass is 10.3. The maximum atomic E-state index is 12.5. The lowest BCUT2D eigenvalue weighted by molar-refractivity contribution is -0.385. The van der Waals surface area contributed by atoms with Crippen molar-refractivity contribution in [2.24, 2.45) is 0 Å². The molecule has 0 aliphatic carbocycles. The van der Waals surface area contributed by atoms with Gasteiger partial charge in [0.1, 0.15) is 5.82 Å². The minimum atomic E-state index is -0.543. The zero-order valence-corrected chi connectivity index (χ0v) is 20.1. The van der Waals surface area contributed by atoms with E-state index in [-0.39, 0.29) is 22.4 Å². The van der Waals surface area contributed by atoms with Gasteiger partial charge in [-0.15, -0.1) is 0 Å². The number of halogens is 3. The molecule has 3 rings (SSSR count). The van der Waals surface area contributed by atoms with Gasteiger partial charge in [-0.2, -0.15) is 4.98 Å². The van der Waals surface area contributed by atoms with Crippen molar-refractivity contribution in [1.29, 1.82) is 0 Å². The molecule has 0 saturated heterocycles. The van der Waals surface area contributed by atoms with Crippen molar-refractivity contribution in [1.82, 2.24) is 9.55 Å². The molecule has 0 radical (unpaired) electrons. The van der Waals surface area contributed by atoms with Crippen molar-refractivity contribution in [3.05, 3.63) is 76.9 Å². The third kappa shape index (κ3) is 5.64. The van der Waals surface area contributed by atoms with Crippen molar-refractivity contribution >= 4 is 78.3 Å². The highest BCUT2D eigenvalue weighted by atomic mass is 79.9. The number of carbonyl (C=O) groups is 1. The molecule has 0 spiro atoms. The van der Waals surface area contributed by atoms with Gasteiger partial charge in [0.25, 0.3) is 11.2 Å². The number of nitrogens with two attached hydrogens (primary N) is 1. The maximum Gasteiger partial charge on any atom is 0.275 e. The molecule has 160 valence electrons. The van der Waals surface area contributed by atoms with Crippen LogP contribution >= 0.6 is 55.2 Å². The minimum Gasteiger partial charge on any atom is -0.385 e. The number of hydrogen-bond donors (Lipinski definition) is 2. The van der Waals surface area contributed by atoms with Crippen LogP contribution in [0.5, 0.6) is 0 Å². The molecule has 0 bridgehead atoms. The fourth-order valence-corrected chi connectivity index (χ4v) is 4.83. The first-order chi connectivity index (χ1) is 14.7. The van der Waals surface area contributed by atoms with Crippen LogP contribution in [0.1, 0.15) is 0 Å². The van der Waals surface area contributed by atoms with E-state index >= 15 is 0 Å². The molecule has 0 fully saturated rings. The van der Waals surface area contributed by atoms with E-state index in [9.17, 15) is 19.7 Å². The van der Waals surface area contributed by atoms with Gasteiger partial charge in [0, 0.05) is 37.9 Å². The first kappa shape index (κ1) is 23.3. The third-order valence-corrected chi connectivity index (χ3v) is 6.29. The number of nitro groups is 1. The lowest BCUT2D eigenvalue weighted by Crippen LogP contribution is -2.19. The summed E-state index contributed by atoms with van der Waals surface area (Å²) in [7, 11) is 0. The number of amides is 1. The number of carbonyl (C=O) groups excluding carboxylic acids is 1. The fourth-order valence-electron chi connectivity index (χ4n) is 2.51. The summed E-state index contributed by atoms with van der Waals surface area (Å²) in [6.07, 6.45) is 0. The maximum absolute atomic E-state index is 12.5. The molecule has 0 atom stereocenters. The molecule has 9 nitrogen and oxygen atoms in total. The van der Waals surface area contributed by atoms with Crippen LogP contribution in [0.15, 0.2) is 61.4 Å². The molecule has 1 amide bonds. The second-order valence-corrected chi connectivity index (χ2v) is 9.08. The number of non-ortho nitro benzene ring substituents is 1. The molecule has 2 aromatic carbocycles. The van der Waals surface area contributed by atoms with Gasteiger partial charge in [-0.3, -0.25) is 24.3 Å². The van der Waals surface area contributed by atoms with Crippen molar-refractivity contribution in [3.8, 4) is 5.69 Å². The van der Waals surface area contributed by atoms with Gasteiger partial charge in [-0.25, -0.2) is 0 Å². The summed E-state index contributed by atoms with van der Waals surface area (Å²) in [5, 5.41) is 14.4. The number of nitro benzene ring substituents is 1. The van der Waals surface area contributed by atoms with Crippen LogP contribution in [-0.4, -0.2) is 26.1 Å². The summed E-state index contributed by atoms with van der Waals surface area (Å²) in [5.41, 5.74) is 6.30. The lowest BCUT2D eigenvalue weighted by Gasteiger charge is -2.15. The molecule has 13 heteroatoms. The number of anilines is 2. The standard InChI is InChI=1S/C18H12Br2ClN5O4S/c19-12-5-11(26(29)30)6-13(20)17(12)23-16(28)8-31-18-24-15(27)7-14(22)25(18)10-3-1-9(21)2-4-10/h1-7H,8,22H2,(H,23,28). The summed E-state index contributed by atoms with van der Waals surface area (Å²) in [4.78, 5) is 38.7. The Bertz CT molecular complexity index is 1210. The number of thioether (sulfide) groups is 1. The van der Waals surface area contributed by atoms with Gasteiger partial charge >= 0.3 is 0 Å².